The van der Waals surface area contributed by atoms with Crippen LogP contribution in [0.5, 0.6) is 5.75 Å². The Labute approximate surface area is 127 Å². The van der Waals surface area contributed by atoms with Crippen LogP contribution < -0.4 is 10.1 Å². The van der Waals surface area contributed by atoms with Crippen LogP contribution in [-0.4, -0.2) is 30.8 Å². The molecular weight excluding hydrogens is 266 g/mol. The summed E-state index contributed by atoms with van der Waals surface area (Å²) in [7, 11) is 1.65. The van der Waals surface area contributed by atoms with Crippen LogP contribution in [0.3, 0.4) is 0 Å². The maximum atomic E-state index is 11.0. The summed E-state index contributed by atoms with van der Waals surface area (Å²) in [4.78, 5) is 11.0. The molecule has 0 heterocycles. The molecule has 0 fully saturated rings. The van der Waals surface area contributed by atoms with E-state index in [0.29, 0.717) is 12.3 Å². The van der Waals surface area contributed by atoms with Crippen molar-refractivity contribution < 1.29 is 14.6 Å². The van der Waals surface area contributed by atoms with Gasteiger partial charge in [0.2, 0.25) is 0 Å². The number of carboxylic acid groups (broad SMARTS) is 1. The molecule has 1 aromatic rings. The zero-order valence-electron chi connectivity index (χ0n) is 13.5. The van der Waals surface area contributed by atoms with E-state index in [1.807, 2.05) is 6.07 Å². The first-order valence-corrected chi connectivity index (χ1v) is 7.59. The topological polar surface area (TPSA) is 58.6 Å². The molecule has 1 aromatic carbocycles. The summed E-state index contributed by atoms with van der Waals surface area (Å²) in [5.41, 5.74) is 2.31. The van der Waals surface area contributed by atoms with Crippen molar-refractivity contribution in [2.75, 3.05) is 13.7 Å². The Morgan fingerprint density at radius 3 is 2.62 bits per heavy atom. The lowest BCUT2D eigenvalue weighted by Gasteiger charge is -2.19. The second-order valence-electron chi connectivity index (χ2n) is 5.68. The van der Waals surface area contributed by atoms with Gasteiger partial charge in [0.1, 0.15) is 5.75 Å². The predicted molar refractivity (Wildman–Crippen MR) is 85.1 cm³/mol. The van der Waals surface area contributed by atoms with Crippen molar-refractivity contribution in [3.05, 3.63) is 29.3 Å². The number of ether oxygens (including phenoxy) is 1. The van der Waals surface area contributed by atoms with Crippen molar-refractivity contribution in [2.45, 2.75) is 52.0 Å². The summed E-state index contributed by atoms with van der Waals surface area (Å²) in [6, 6.07) is 6.10. The fourth-order valence-electron chi connectivity index (χ4n) is 2.36. The van der Waals surface area contributed by atoms with E-state index in [1.165, 1.54) is 5.56 Å². The number of nitrogens with one attached hydrogen (secondary N) is 1. The first-order valence-electron chi connectivity index (χ1n) is 7.59. The Morgan fingerprint density at radius 1 is 1.38 bits per heavy atom. The van der Waals surface area contributed by atoms with Gasteiger partial charge in [0.05, 0.1) is 13.5 Å². The Hall–Kier alpha value is -1.55. The standard InChI is InChI=1S/C17H27NO3/c1-5-8-18-15(11-17(19)20)10-14-9-13(12(2)3)6-7-16(14)21-4/h6-7,9,12,15,18H,5,8,10-11H2,1-4H3,(H,19,20). The molecule has 0 aliphatic rings. The normalized spacial score (nSPS) is 12.4. The number of carboxylic acids is 1. The van der Waals surface area contributed by atoms with E-state index >= 15 is 0 Å². The van der Waals surface area contributed by atoms with Crippen LogP contribution >= 0.6 is 0 Å². The Kier molecular flexibility index (Phi) is 7.23. The lowest BCUT2D eigenvalue weighted by Crippen LogP contribution is -2.34. The van der Waals surface area contributed by atoms with E-state index < -0.39 is 5.97 Å². The van der Waals surface area contributed by atoms with Gasteiger partial charge in [0.25, 0.3) is 0 Å². The van der Waals surface area contributed by atoms with Gasteiger partial charge >= 0.3 is 5.97 Å². The van der Waals surface area contributed by atoms with Crippen LogP contribution in [0, 0.1) is 0 Å². The average molecular weight is 293 g/mol. The molecule has 0 aromatic heterocycles. The number of carbonyl (C=O) groups is 1. The summed E-state index contributed by atoms with van der Waals surface area (Å²) in [6.07, 6.45) is 1.77. The lowest BCUT2D eigenvalue weighted by atomic mass is 9.96. The van der Waals surface area contributed by atoms with Gasteiger partial charge in [-0.25, -0.2) is 0 Å². The van der Waals surface area contributed by atoms with Gasteiger partial charge in [-0.2, -0.15) is 0 Å². The van der Waals surface area contributed by atoms with E-state index in [0.717, 1.165) is 24.3 Å². The van der Waals surface area contributed by atoms with Gasteiger partial charge in [0.15, 0.2) is 0 Å². The highest BCUT2D eigenvalue weighted by Crippen LogP contribution is 2.25. The first-order chi connectivity index (χ1) is 9.97. The van der Waals surface area contributed by atoms with Gasteiger partial charge in [-0.15, -0.1) is 0 Å². The highest BCUT2D eigenvalue weighted by atomic mass is 16.5. The van der Waals surface area contributed by atoms with Crippen molar-refractivity contribution >= 4 is 5.97 Å². The van der Waals surface area contributed by atoms with Crippen molar-refractivity contribution in [2.24, 2.45) is 0 Å². The summed E-state index contributed by atoms with van der Waals surface area (Å²) in [6.45, 7) is 7.19. The maximum absolute atomic E-state index is 11.0. The Balaban J connectivity index is 2.93. The number of hydrogen-bond acceptors (Lipinski definition) is 3. The quantitative estimate of drug-likeness (QED) is 0.734. The molecule has 4 heteroatoms. The van der Waals surface area contributed by atoms with Crippen LogP contribution in [0.15, 0.2) is 18.2 Å². The van der Waals surface area contributed by atoms with Crippen LogP contribution in [0.2, 0.25) is 0 Å². The molecule has 1 atom stereocenters. The number of methoxy groups -OCH3 is 1. The molecule has 0 amide bonds. The van der Waals surface area contributed by atoms with Gasteiger partial charge in [-0.1, -0.05) is 32.9 Å². The van der Waals surface area contributed by atoms with Crippen molar-refractivity contribution in [1.82, 2.24) is 5.32 Å². The van der Waals surface area contributed by atoms with E-state index in [2.05, 4.69) is 38.2 Å². The molecule has 21 heavy (non-hydrogen) atoms. The summed E-state index contributed by atoms with van der Waals surface area (Å²) >= 11 is 0. The van der Waals surface area contributed by atoms with Crippen LogP contribution in [0.1, 0.15) is 50.7 Å². The molecular formula is C17H27NO3. The van der Waals surface area contributed by atoms with E-state index in [1.54, 1.807) is 7.11 Å². The van der Waals surface area contributed by atoms with E-state index in [9.17, 15) is 4.79 Å². The lowest BCUT2D eigenvalue weighted by molar-refractivity contribution is -0.137. The monoisotopic (exact) mass is 293 g/mol. The summed E-state index contributed by atoms with van der Waals surface area (Å²) in [5.74, 6) is 0.492. The van der Waals surface area contributed by atoms with Gasteiger partial charge < -0.3 is 15.2 Å². The third-order valence-corrected chi connectivity index (χ3v) is 3.54. The zero-order chi connectivity index (χ0) is 15.8. The van der Waals surface area contributed by atoms with Crippen molar-refractivity contribution in [1.29, 1.82) is 0 Å². The van der Waals surface area contributed by atoms with Crippen LogP contribution in [0.4, 0.5) is 0 Å². The molecule has 118 valence electrons. The van der Waals surface area contributed by atoms with Gasteiger partial charge in [-0.05, 0) is 42.5 Å². The van der Waals surface area contributed by atoms with Crippen LogP contribution in [0.25, 0.3) is 0 Å². The number of rotatable bonds is 9. The first kappa shape index (κ1) is 17.5. The number of benzene rings is 1. The largest absolute Gasteiger partial charge is 0.496 e. The minimum Gasteiger partial charge on any atom is -0.496 e. The molecule has 0 bridgehead atoms. The van der Waals surface area contributed by atoms with Gasteiger partial charge in [-0.3, -0.25) is 4.79 Å². The molecule has 1 rings (SSSR count). The van der Waals surface area contributed by atoms with Crippen LogP contribution in [-0.2, 0) is 11.2 Å². The highest BCUT2D eigenvalue weighted by molar-refractivity contribution is 5.67. The fourth-order valence-corrected chi connectivity index (χ4v) is 2.36. The molecule has 2 N–H and O–H groups in total. The highest BCUT2D eigenvalue weighted by Gasteiger charge is 2.16. The molecule has 1 unspecified atom stereocenters. The summed E-state index contributed by atoms with van der Waals surface area (Å²) in [5, 5.41) is 12.4. The molecule has 0 saturated carbocycles. The SMILES string of the molecule is CCCNC(CC(=O)O)Cc1cc(C(C)C)ccc1OC. The minimum absolute atomic E-state index is 0.0706. The second kappa shape index (κ2) is 8.67. The van der Waals surface area contributed by atoms with Crippen molar-refractivity contribution in [3.63, 3.8) is 0 Å². The number of aliphatic carboxylic acids is 1. The average Bonchev–Trinajstić information content (AvgIpc) is 2.44. The molecule has 4 nitrogen and oxygen atoms in total. The smallest absolute Gasteiger partial charge is 0.304 e. The Bertz CT molecular complexity index is 457. The third-order valence-electron chi connectivity index (χ3n) is 3.54. The van der Waals surface area contributed by atoms with Gasteiger partial charge in [0, 0.05) is 6.04 Å². The maximum Gasteiger partial charge on any atom is 0.304 e. The minimum atomic E-state index is -0.775. The molecule has 0 aliphatic carbocycles. The third kappa shape index (κ3) is 5.76. The second-order valence-corrected chi connectivity index (χ2v) is 5.68. The molecule has 0 saturated heterocycles. The predicted octanol–water partition coefficient (Wildman–Crippen LogP) is 3.20. The Morgan fingerprint density at radius 2 is 2.10 bits per heavy atom. The fraction of sp³-hybridized carbons (Fsp3) is 0.588. The zero-order valence-corrected chi connectivity index (χ0v) is 13.5. The molecule has 0 aliphatic heterocycles. The number of hydrogen-bond donors (Lipinski definition) is 2. The van der Waals surface area contributed by atoms with Crippen molar-refractivity contribution in [3.8, 4) is 5.75 Å². The molecule has 0 radical (unpaired) electrons. The van der Waals surface area contributed by atoms with E-state index in [4.69, 9.17) is 9.84 Å². The van der Waals surface area contributed by atoms with E-state index in [-0.39, 0.29) is 12.5 Å². The molecule has 0 spiro atoms. The summed E-state index contributed by atoms with van der Waals surface area (Å²) < 4.78 is 5.42.